The molecule has 27 heavy (non-hydrogen) atoms. The Labute approximate surface area is 159 Å². The summed E-state index contributed by atoms with van der Waals surface area (Å²) >= 11 is 0. The highest BCUT2D eigenvalue weighted by Gasteiger charge is 2.41. The molecule has 1 aromatic rings. The molecule has 3 amide bonds. The van der Waals surface area contributed by atoms with E-state index in [-0.39, 0.29) is 29.7 Å². The minimum atomic E-state index is -0.551. The Hall–Kier alpha value is -2.21. The van der Waals surface area contributed by atoms with Crippen LogP contribution in [0.1, 0.15) is 67.4 Å². The molecular weight excluding hydrogens is 342 g/mol. The Bertz CT molecular complexity index is 811. The zero-order chi connectivity index (χ0) is 19.3. The van der Waals surface area contributed by atoms with Gasteiger partial charge in [-0.05, 0) is 63.3 Å². The topological polar surface area (TPSA) is 69.7 Å². The predicted molar refractivity (Wildman–Crippen MR) is 101 cm³/mol. The second kappa shape index (κ2) is 6.44. The number of amides is 3. The summed E-state index contributed by atoms with van der Waals surface area (Å²) in [6.45, 7) is 9.22. The van der Waals surface area contributed by atoms with Crippen LogP contribution < -0.4 is 5.32 Å². The van der Waals surface area contributed by atoms with Gasteiger partial charge in [0.2, 0.25) is 11.8 Å². The minimum absolute atomic E-state index is 0.0907. The third-order valence-electron chi connectivity index (χ3n) is 6.20. The third kappa shape index (κ3) is 3.16. The first-order valence-corrected chi connectivity index (χ1v) is 9.77. The van der Waals surface area contributed by atoms with E-state index in [0.29, 0.717) is 24.4 Å². The molecule has 3 aliphatic rings. The van der Waals surface area contributed by atoms with Crippen LogP contribution in [0.3, 0.4) is 0 Å². The molecule has 3 aliphatic heterocycles. The lowest BCUT2D eigenvalue weighted by Gasteiger charge is -2.32. The summed E-state index contributed by atoms with van der Waals surface area (Å²) in [5.74, 6) is -0.288. The van der Waals surface area contributed by atoms with Gasteiger partial charge in [0.05, 0.1) is 0 Å². The van der Waals surface area contributed by atoms with E-state index >= 15 is 0 Å². The Balaban J connectivity index is 1.59. The molecular formula is C21H27N3O3. The molecule has 2 saturated heterocycles. The maximum atomic E-state index is 13.0. The Morgan fingerprint density at radius 2 is 1.89 bits per heavy atom. The van der Waals surface area contributed by atoms with Crippen molar-refractivity contribution in [3.63, 3.8) is 0 Å². The van der Waals surface area contributed by atoms with Gasteiger partial charge in [0.15, 0.2) is 0 Å². The Morgan fingerprint density at radius 1 is 1.11 bits per heavy atom. The number of hydrogen-bond donors (Lipinski definition) is 1. The van der Waals surface area contributed by atoms with Crippen LogP contribution in [0.15, 0.2) is 18.2 Å². The van der Waals surface area contributed by atoms with Gasteiger partial charge in [-0.2, -0.15) is 0 Å². The van der Waals surface area contributed by atoms with Gasteiger partial charge in [-0.1, -0.05) is 12.1 Å². The Morgan fingerprint density at radius 3 is 2.56 bits per heavy atom. The number of fused-ring (bicyclic) bond motifs is 1. The van der Waals surface area contributed by atoms with Crippen molar-refractivity contribution >= 4 is 17.7 Å². The minimum Gasteiger partial charge on any atom is -0.322 e. The first-order valence-electron chi connectivity index (χ1n) is 9.77. The van der Waals surface area contributed by atoms with Gasteiger partial charge < -0.3 is 4.90 Å². The summed E-state index contributed by atoms with van der Waals surface area (Å²) in [4.78, 5) is 40.8. The number of nitrogens with zero attached hydrogens (tertiary/aromatic N) is 2. The molecule has 3 heterocycles. The molecule has 0 bridgehead atoms. The normalized spacial score (nSPS) is 26.5. The number of benzene rings is 1. The zero-order valence-corrected chi connectivity index (χ0v) is 16.2. The van der Waals surface area contributed by atoms with Crippen molar-refractivity contribution in [2.75, 3.05) is 13.1 Å². The van der Waals surface area contributed by atoms with E-state index in [1.807, 2.05) is 12.1 Å². The van der Waals surface area contributed by atoms with Gasteiger partial charge in [0.25, 0.3) is 5.91 Å². The quantitative estimate of drug-likeness (QED) is 0.810. The lowest BCUT2D eigenvalue weighted by molar-refractivity contribution is -0.136. The number of nitrogens with one attached hydrogen (secondary N) is 1. The fraction of sp³-hybridized carbons (Fsp3) is 0.571. The van der Waals surface area contributed by atoms with Gasteiger partial charge in [-0.3, -0.25) is 24.6 Å². The van der Waals surface area contributed by atoms with E-state index in [9.17, 15) is 14.4 Å². The van der Waals surface area contributed by atoms with E-state index in [4.69, 9.17) is 0 Å². The van der Waals surface area contributed by atoms with E-state index in [1.54, 1.807) is 4.90 Å². The standard InChI is InChI=1S/C21H27N3O3/c1-21(2,3)23-10-9-13(11-23)14-5-4-6-15-16(14)12-24(20(15)27)17-7-8-18(25)22-19(17)26/h4-6,13,17H,7-12H2,1-3H3,(H,22,25,26). The fourth-order valence-corrected chi connectivity index (χ4v) is 4.62. The summed E-state index contributed by atoms with van der Waals surface area (Å²) in [7, 11) is 0. The van der Waals surface area contributed by atoms with Gasteiger partial charge >= 0.3 is 0 Å². The van der Waals surface area contributed by atoms with Crippen LogP contribution in [-0.2, 0) is 16.1 Å². The van der Waals surface area contributed by atoms with Crippen LogP contribution in [0, 0.1) is 0 Å². The van der Waals surface area contributed by atoms with Crippen molar-refractivity contribution in [2.24, 2.45) is 0 Å². The number of imide groups is 1. The lowest BCUT2D eigenvalue weighted by Crippen LogP contribution is -2.52. The van der Waals surface area contributed by atoms with Gasteiger partial charge in [-0.25, -0.2) is 0 Å². The number of rotatable bonds is 2. The second-order valence-electron chi connectivity index (χ2n) is 8.88. The van der Waals surface area contributed by atoms with Crippen molar-refractivity contribution in [3.05, 3.63) is 34.9 Å². The summed E-state index contributed by atoms with van der Waals surface area (Å²) in [6.07, 6.45) is 1.77. The van der Waals surface area contributed by atoms with Crippen molar-refractivity contribution in [1.29, 1.82) is 0 Å². The molecule has 4 rings (SSSR count). The second-order valence-corrected chi connectivity index (χ2v) is 8.88. The van der Waals surface area contributed by atoms with Gasteiger partial charge in [0, 0.05) is 30.6 Å². The summed E-state index contributed by atoms with van der Waals surface area (Å²) in [5.41, 5.74) is 3.16. The molecule has 6 heteroatoms. The maximum absolute atomic E-state index is 13.0. The number of hydrogen-bond acceptors (Lipinski definition) is 4. The highest BCUT2D eigenvalue weighted by molar-refractivity contribution is 6.05. The molecule has 1 aromatic carbocycles. The molecule has 0 aromatic heterocycles. The molecule has 6 nitrogen and oxygen atoms in total. The monoisotopic (exact) mass is 369 g/mol. The molecule has 0 radical (unpaired) electrons. The number of likely N-dealkylation sites (tertiary alicyclic amines) is 1. The van der Waals surface area contributed by atoms with Crippen molar-refractivity contribution in [1.82, 2.24) is 15.1 Å². The van der Waals surface area contributed by atoms with Crippen LogP contribution in [0.25, 0.3) is 0 Å². The summed E-state index contributed by atoms with van der Waals surface area (Å²) in [6, 6.07) is 5.41. The van der Waals surface area contributed by atoms with Crippen LogP contribution in [0.2, 0.25) is 0 Å². The van der Waals surface area contributed by atoms with Crippen LogP contribution >= 0.6 is 0 Å². The van der Waals surface area contributed by atoms with Crippen molar-refractivity contribution in [2.45, 2.75) is 64.1 Å². The molecule has 1 N–H and O–H groups in total. The lowest BCUT2D eigenvalue weighted by atomic mass is 9.91. The average molecular weight is 369 g/mol. The third-order valence-corrected chi connectivity index (χ3v) is 6.20. The summed E-state index contributed by atoms with van der Waals surface area (Å²) in [5, 5.41) is 2.37. The Kier molecular flexibility index (Phi) is 4.34. The first kappa shape index (κ1) is 18.2. The SMILES string of the molecule is CC(C)(C)N1CCC(c2cccc3c2CN(C2CCC(=O)NC2=O)C3=O)C1. The van der Waals surface area contributed by atoms with Crippen molar-refractivity contribution in [3.8, 4) is 0 Å². The van der Waals surface area contributed by atoms with Crippen molar-refractivity contribution < 1.29 is 14.4 Å². The highest BCUT2D eigenvalue weighted by Crippen LogP contribution is 2.38. The first-order chi connectivity index (χ1) is 12.8. The van der Waals surface area contributed by atoms with Gasteiger partial charge in [0.1, 0.15) is 6.04 Å². The fourth-order valence-electron chi connectivity index (χ4n) is 4.62. The van der Waals surface area contributed by atoms with E-state index < -0.39 is 6.04 Å². The number of carbonyl (C=O) groups is 3. The maximum Gasteiger partial charge on any atom is 0.255 e. The summed E-state index contributed by atoms with van der Waals surface area (Å²) < 4.78 is 0. The van der Waals surface area contributed by atoms with Gasteiger partial charge in [-0.15, -0.1) is 0 Å². The van der Waals surface area contributed by atoms with Crippen LogP contribution in [0.4, 0.5) is 0 Å². The smallest absolute Gasteiger partial charge is 0.255 e. The molecule has 144 valence electrons. The van der Waals surface area contributed by atoms with E-state index in [1.165, 1.54) is 5.56 Å². The van der Waals surface area contributed by atoms with E-state index in [2.05, 4.69) is 37.1 Å². The molecule has 0 spiro atoms. The molecule has 2 unspecified atom stereocenters. The van der Waals surface area contributed by atoms with Crippen LogP contribution in [0.5, 0.6) is 0 Å². The molecule has 0 aliphatic carbocycles. The van der Waals surface area contributed by atoms with Crippen LogP contribution in [-0.4, -0.2) is 52.2 Å². The zero-order valence-electron chi connectivity index (χ0n) is 16.2. The number of piperidine rings is 1. The average Bonchev–Trinajstić information content (AvgIpc) is 3.21. The molecule has 2 atom stereocenters. The molecule has 0 saturated carbocycles. The molecule has 2 fully saturated rings. The highest BCUT2D eigenvalue weighted by atomic mass is 16.2. The number of carbonyl (C=O) groups excluding carboxylic acids is 3. The largest absolute Gasteiger partial charge is 0.322 e. The predicted octanol–water partition coefficient (Wildman–Crippen LogP) is 2.04. The van der Waals surface area contributed by atoms with E-state index in [0.717, 1.165) is 25.1 Å².